The summed E-state index contributed by atoms with van der Waals surface area (Å²) in [5.41, 5.74) is 0.546. The van der Waals surface area contributed by atoms with Crippen molar-refractivity contribution in [3.63, 3.8) is 0 Å². The first-order chi connectivity index (χ1) is 9.06. The Balaban J connectivity index is 1.97. The lowest BCUT2D eigenvalue weighted by Crippen LogP contribution is -2.21. The Morgan fingerprint density at radius 1 is 1.42 bits per heavy atom. The van der Waals surface area contributed by atoms with Crippen molar-refractivity contribution in [2.24, 2.45) is 0 Å². The lowest BCUT2D eigenvalue weighted by Gasteiger charge is -2.10. The van der Waals surface area contributed by atoms with Gasteiger partial charge in [-0.2, -0.15) is 4.98 Å². The van der Waals surface area contributed by atoms with E-state index in [4.69, 9.17) is 4.52 Å². The van der Waals surface area contributed by atoms with Gasteiger partial charge in [-0.15, -0.1) is 0 Å². The predicted octanol–water partition coefficient (Wildman–Crippen LogP) is 1.09. The largest absolute Gasteiger partial charge is 0.361 e. The van der Waals surface area contributed by atoms with Gasteiger partial charge in [0.05, 0.1) is 12.1 Å². The third-order valence-corrected chi connectivity index (χ3v) is 2.41. The molecule has 1 N–H and O–H groups in total. The standard InChI is InChI=1S/C12H15N5O2/c1-8-15-11(19-16-8)7-14-10-5-4-9(6-13-10)12(18)17(2)3/h4-6H,7H2,1-3H3,(H,13,14). The minimum Gasteiger partial charge on any atom is -0.361 e. The number of aryl methyl sites for hydroxylation is 1. The van der Waals surface area contributed by atoms with E-state index in [0.29, 0.717) is 29.6 Å². The number of nitrogens with zero attached hydrogens (tertiary/aromatic N) is 4. The van der Waals surface area contributed by atoms with Crippen LogP contribution in [0.15, 0.2) is 22.9 Å². The van der Waals surface area contributed by atoms with Gasteiger partial charge in [0.25, 0.3) is 5.91 Å². The number of pyridine rings is 1. The summed E-state index contributed by atoms with van der Waals surface area (Å²) in [7, 11) is 3.40. The molecule has 0 radical (unpaired) electrons. The van der Waals surface area contributed by atoms with E-state index >= 15 is 0 Å². The first kappa shape index (κ1) is 13.0. The number of hydrogen-bond donors (Lipinski definition) is 1. The lowest BCUT2D eigenvalue weighted by atomic mass is 10.2. The Labute approximate surface area is 110 Å². The van der Waals surface area contributed by atoms with Crippen LogP contribution in [0, 0.1) is 6.92 Å². The number of carbonyl (C=O) groups excluding carboxylic acids is 1. The molecule has 7 heteroatoms. The molecule has 1 amide bonds. The number of rotatable bonds is 4. The molecule has 0 bridgehead atoms. The van der Waals surface area contributed by atoms with Gasteiger partial charge in [0.2, 0.25) is 5.89 Å². The molecule has 7 nitrogen and oxygen atoms in total. The highest BCUT2D eigenvalue weighted by Gasteiger charge is 2.08. The van der Waals surface area contributed by atoms with Crippen molar-refractivity contribution in [3.05, 3.63) is 35.6 Å². The van der Waals surface area contributed by atoms with Crippen molar-refractivity contribution in [1.82, 2.24) is 20.0 Å². The van der Waals surface area contributed by atoms with Gasteiger partial charge in [-0.05, 0) is 19.1 Å². The Hall–Kier alpha value is -2.44. The normalized spacial score (nSPS) is 10.3. The van der Waals surface area contributed by atoms with Crippen LogP contribution in [0.2, 0.25) is 0 Å². The van der Waals surface area contributed by atoms with Gasteiger partial charge in [0.1, 0.15) is 5.82 Å². The van der Waals surface area contributed by atoms with E-state index in [1.165, 1.54) is 11.1 Å². The summed E-state index contributed by atoms with van der Waals surface area (Å²) in [6.45, 7) is 2.15. The fraction of sp³-hybridized carbons (Fsp3) is 0.333. The third kappa shape index (κ3) is 3.27. The molecule has 2 rings (SSSR count). The summed E-state index contributed by atoms with van der Waals surface area (Å²) in [6.07, 6.45) is 1.53. The topological polar surface area (TPSA) is 84.2 Å². The highest BCUT2D eigenvalue weighted by molar-refractivity contribution is 5.93. The Morgan fingerprint density at radius 2 is 2.21 bits per heavy atom. The Kier molecular flexibility index (Phi) is 3.74. The van der Waals surface area contributed by atoms with Crippen LogP contribution >= 0.6 is 0 Å². The second-order valence-corrected chi connectivity index (χ2v) is 4.22. The molecule has 2 aromatic rings. The van der Waals surface area contributed by atoms with Crippen molar-refractivity contribution in [2.45, 2.75) is 13.5 Å². The smallest absolute Gasteiger partial charge is 0.254 e. The highest BCUT2D eigenvalue weighted by Crippen LogP contribution is 2.08. The molecule has 0 aliphatic rings. The van der Waals surface area contributed by atoms with Crippen LogP contribution in [0.4, 0.5) is 5.82 Å². The first-order valence-electron chi connectivity index (χ1n) is 5.77. The van der Waals surface area contributed by atoms with Gasteiger partial charge in [-0.25, -0.2) is 4.98 Å². The van der Waals surface area contributed by atoms with Crippen molar-refractivity contribution < 1.29 is 9.32 Å². The van der Waals surface area contributed by atoms with Crippen LogP contribution in [-0.4, -0.2) is 40.0 Å². The maximum absolute atomic E-state index is 11.7. The van der Waals surface area contributed by atoms with Gasteiger partial charge in [-0.1, -0.05) is 5.16 Å². The fourth-order valence-corrected chi connectivity index (χ4v) is 1.46. The molecule has 0 saturated carbocycles. The van der Waals surface area contributed by atoms with Crippen molar-refractivity contribution in [1.29, 1.82) is 0 Å². The molecule has 0 aliphatic carbocycles. The van der Waals surface area contributed by atoms with Gasteiger partial charge in [0.15, 0.2) is 5.82 Å². The summed E-state index contributed by atoms with van der Waals surface area (Å²) >= 11 is 0. The zero-order valence-electron chi connectivity index (χ0n) is 11.0. The van der Waals surface area contributed by atoms with Crippen molar-refractivity contribution in [2.75, 3.05) is 19.4 Å². The average Bonchev–Trinajstić information content (AvgIpc) is 2.82. The van der Waals surface area contributed by atoms with Crippen LogP contribution < -0.4 is 5.32 Å². The second-order valence-electron chi connectivity index (χ2n) is 4.22. The quantitative estimate of drug-likeness (QED) is 0.886. The summed E-state index contributed by atoms with van der Waals surface area (Å²) in [5, 5.41) is 6.73. The van der Waals surface area contributed by atoms with Gasteiger partial charge in [-0.3, -0.25) is 4.79 Å². The summed E-state index contributed by atoms with van der Waals surface area (Å²) < 4.78 is 4.97. The molecule has 0 aromatic carbocycles. The molecule has 0 fully saturated rings. The van der Waals surface area contributed by atoms with Crippen LogP contribution in [0.3, 0.4) is 0 Å². The second kappa shape index (κ2) is 5.47. The van der Waals surface area contributed by atoms with Gasteiger partial charge >= 0.3 is 0 Å². The zero-order chi connectivity index (χ0) is 13.8. The van der Waals surface area contributed by atoms with E-state index in [-0.39, 0.29) is 5.91 Å². The lowest BCUT2D eigenvalue weighted by molar-refractivity contribution is 0.0827. The van der Waals surface area contributed by atoms with Crippen LogP contribution in [-0.2, 0) is 6.54 Å². The average molecular weight is 261 g/mol. The molecule has 0 aliphatic heterocycles. The predicted molar refractivity (Wildman–Crippen MR) is 68.6 cm³/mol. The SMILES string of the molecule is Cc1noc(CNc2ccc(C(=O)N(C)C)cn2)n1. The summed E-state index contributed by atoms with van der Waals surface area (Å²) in [6, 6.07) is 3.46. The minimum atomic E-state index is -0.0772. The van der Waals surface area contributed by atoms with Gasteiger partial charge < -0.3 is 14.7 Å². The molecule has 2 aromatic heterocycles. The van der Waals surface area contributed by atoms with E-state index in [9.17, 15) is 4.79 Å². The zero-order valence-corrected chi connectivity index (χ0v) is 11.0. The molecule has 100 valence electrons. The summed E-state index contributed by atoms with van der Waals surface area (Å²) in [5.74, 6) is 1.65. The van der Waals surface area contributed by atoms with Gasteiger partial charge in [0, 0.05) is 20.3 Å². The van der Waals surface area contributed by atoms with E-state index < -0.39 is 0 Å². The number of anilines is 1. The molecular weight excluding hydrogens is 246 g/mol. The minimum absolute atomic E-state index is 0.0772. The maximum Gasteiger partial charge on any atom is 0.254 e. The fourth-order valence-electron chi connectivity index (χ4n) is 1.46. The molecule has 2 heterocycles. The molecule has 19 heavy (non-hydrogen) atoms. The maximum atomic E-state index is 11.7. The van der Waals surface area contributed by atoms with E-state index in [1.807, 2.05) is 0 Å². The van der Waals surface area contributed by atoms with E-state index in [1.54, 1.807) is 33.2 Å². The molecule has 0 unspecified atom stereocenters. The van der Waals surface area contributed by atoms with E-state index in [2.05, 4.69) is 20.4 Å². The number of amides is 1. The van der Waals surface area contributed by atoms with Crippen molar-refractivity contribution >= 4 is 11.7 Å². The van der Waals surface area contributed by atoms with Crippen LogP contribution in [0.5, 0.6) is 0 Å². The highest BCUT2D eigenvalue weighted by atomic mass is 16.5. The molecule has 0 spiro atoms. The molecule has 0 atom stereocenters. The monoisotopic (exact) mass is 261 g/mol. The molecule has 0 saturated heterocycles. The summed E-state index contributed by atoms with van der Waals surface area (Å²) in [4.78, 5) is 21.4. The first-order valence-corrected chi connectivity index (χ1v) is 5.77. The number of carbonyl (C=O) groups is 1. The van der Waals surface area contributed by atoms with Crippen LogP contribution in [0.25, 0.3) is 0 Å². The molecular formula is C12H15N5O2. The number of nitrogens with one attached hydrogen (secondary N) is 1. The van der Waals surface area contributed by atoms with E-state index in [0.717, 1.165) is 0 Å². The Bertz CT molecular complexity index is 562. The third-order valence-electron chi connectivity index (χ3n) is 2.41. The van der Waals surface area contributed by atoms with Crippen molar-refractivity contribution in [3.8, 4) is 0 Å². The number of aromatic nitrogens is 3. The van der Waals surface area contributed by atoms with Crippen LogP contribution in [0.1, 0.15) is 22.1 Å². The number of hydrogen-bond acceptors (Lipinski definition) is 6. The Morgan fingerprint density at radius 3 is 2.74 bits per heavy atom.